The Morgan fingerprint density at radius 2 is 1.69 bits per heavy atom. The zero-order valence-corrected chi connectivity index (χ0v) is 14.3. The Labute approximate surface area is 152 Å². The molecule has 1 atom stereocenters. The average Bonchev–Trinajstić information content (AvgIpc) is 2.54. The summed E-state index contributed by atoms with van der Waals surface area (Å²) in [6.07, 6.45) is -9.37. The van der Waals surface area contributed by atoms with Gasteiger partial charge in [-0.15, -0.1) is 12.4 Å². The molecule has 0 aromatic heterocycles. The molecule has 11 heteroatoms. The number of halogens is 7. The van der Waals surface area contributed by atoms with E-state index in [1.807, 2.05) is 5.32 Å². The lowest BCUT2D eigenvalue weighted by Crippen LogP contribution is -2.57. The fraction of sp³-hybridized carbons (Fsp3) is 0.533. The summed E-state index contributed by atoms with van der Waals surface area (Å²) in [4.78, 5) is 13.2. The first-order valence-corrected chi connectivity index (χ1v) is 7.56. The number of carbonyl (C=O) groups excluding carboxylic acids is 1. The van der Waals surface area contributed by atoms with E-state index >= 15 is 0 Å². The highest BCUT2D eigenvalue weighted by Crippen LogP contribution is 2.32. The maximum atomic E-state index is 13.2. The summed E-state index contributed by atoms with van der Waals surface area (Å²) >= 11 is 0. The quantitative estimate of drug-likeness (QED) is 0.757. The maximum Gasteiger partial charge on any atom is 0.417 e. The van der Waals surface area contributed by atoms with Crippen molar-refractivity contribution in [2.45, 2.75) is 18.4 Å². The summed E-state index contributed by atoms with van der Waals surface area (Å²) in [6, 6.07) is 2.04. The Hall–Kier alpha value is -1.52. The summed E-state index contributed by atoms with van der Waals surface area (Å²) < 4.78 is 78.4. The van der Waals surface area contributed by atoms with Gasteiger partial charge in [0.1, 0.15) is 6.04 Å². The van der Waals surface area contributed by atoms with Crippen LogP contribution in [-0.2, 0) is 6.18 Å². The van der Waals surface area contributed by atoms with Crippen molar-refractivity contribution in [1.82, 2.24) is 15.5 Å². The van der Waals surface area contributed by atoms with Gasteiger partial charge in [-0.25, -0.2) is 0 Å². The standard InChI is InChI=1S/C15H17F6N3O.ClH/c16-14(17,18)11-4-2-1-3-10(11)13(25)23-9-12(15(19,20)21)24-7-5-22-6-8-24;/h1-4,12,22H,5-9H2,(H,23,25);1H. The molecule has 0 spiro atoms. The van der Waals surface area contributed by atoms with Crippen LogP contribution in [0.25, 0.3) is 0 Å². The Morgan fingerprint density at radius 1 is 1.12 bits per heavy atom. The molecule has 0 aliphatic carbocycles. The molecule has 0 bridgehead atoms. The minimum absolute atomic E-state index is 0. The lowest BCUT2D eigenvalue weighted by molar-refractivity contribution is -0.183. The molecule has 4 nitrogen and oxygen atoms in total. The van der Waals surface area contributed by atoms with Gasteiger partial charge in [0.25, 0.3) is 5.91 Å². The van der Waals surface area contributed by atoms with Gasteiger partial charge in [-0.2, -0.15) is 26.3 Å². The number of hydrogen-bond acceptors (Lipinski definition) is 3. The van der Waals surface area contributed by atoms with E-state index in [0.29, 0.717) is 19.2 Å². The van der Waals surface area contributed by atoms with Crippen molar-refractivity contribution in [3.05, 3.63) is 35.4 Å². The van der Waals surface area contributed by atoms with E-state index < -0.39 is 42.0 Å². The van der Waals surface area contributed by atoms with Gasteiger partial charge in [0.2, 0.25) is 0 Å². The first-order valence-electron chi connectivity index (χ1n) is 7.56. The number of nitrogens with one attached hydrogen (secondary N) is 2. The van der Waals surface area contributed by atoms with Crippen molar-refractivity contribution < 1.29 is 31.1 Å². The number of hydrogen-bond donors (Lipinski definition) is 2. The summed E-state index contributed by atoms with van der Waals surface area (Å²) in [6.45, 7) is 0.210. The van der Waals surface area contributed by atoms with Gasteiger partial charge in [-0.05, 0) is 12.1 Å². The van der Waals surface area contributed by atoms with Gasteiger partial charge in [0, 0.05) is 32.7 Å². The van der Waals surface area contributed by atoms with Crippen LogP contribution >= 0.6 is 12.4 Å². The molecule has 148 valence electrons. The van der Waals surface area contributed by atoms with Gasteiger partial charge in [0.05, 0.1) is 11.1 Å². The zero-order valence-electron chi connectivity index (χ0n) is 13.5. The average molecular weight is 406 g/mol. The zero-order chi connectivity index (χ0) is 18.7. The highest BCUT2D eigenvalue weighted by Gasteiger charge is 2.44. The van der Waals surface area contributed by atoms with E-state index in [-0.39, 0.29) is 25.5 Å². The molecule has 1 heterocycles. The van der Waals surface area contributed by atoms with E-state index in [0.717, 1.165) is 17.0 Å². The molecular weight excluding hydrogens is 388 g/mol. The fourth-order valence-corrected chi connectivity index (χ4v) is 2.66. The largest absolute Gasteiger partial charge is 0.417 e. The van der Waals surface area contributed by atoms with Gasteiger partial charge < -0.3 is 10.6 Å². The molecule has 1 aromatic rings. The lowest BCUT2D eigenvalue weighted by Gasteiger charge is -2.36. The van der Waals surface area contributed by atoms with Crippen molar-refractivity contribution in [3.63, 3.8) is 0 Å². The van der Waals surface area contributed by atoms with Crippen LogP contribution in [0.5, 0.6) is 0 Å². The Morgan fingerprint density at radius 3 is 2.23 bits per heavy atom. The molecule has 0 radical (unpaired) electrons. The van der Waals surface area contributed by atoms with Crippen LogP contribution in [0, 0.1) is 0 Å². The smallest absolute Gasteiger partial charge is 0.350 e. The second-order valence-corrected chi connectivity index (χ2v) is 5.60. The number of piperazine rings is 1. The van der Waals surface area contributed by atoms with Crippen molar-refractivity contribution >= 4 is 18.3 Å². The molecule has 1 saturated heterocycles. The van der Waals surface area contributed by atoms with Crippen molar-refractivity contribution in [3.8, 4) is 0 Å². The molecule has 1 fully saturated rings. The summed E-state index contributed by atoms with van der Waals surface area (Å²) in [5.41, 5.74) is -1.88. The van der Waals surface area contributed by atoms with Crippen molar-refractivity contribution in [2.24, 2.45) is 0 Å². The van der Waals surface area contributed by atoms with Gasteiger partial charge >= 0.3 is 12.4 Å². The molecule has 1 amide bonds. The molecule has 2 N–H and O–H groups in total. The SMILES string of the molecule is Cl.O=C(NCC(N1CCNCC1)C(F)(F)F)c1ccccc1C(F)(F)F. The molecular formula is C15H18ClF6N3O. The Bertz CT molecular complexity index is 602. The van der Waals surface area contributed by atoms with Crippen LogP contribution in [0.15, 0.2) is 24.3 Å². The number of alkyl halides is 6. The predicted molar refractivity (Wildman–Crippen MR) is 85.3 cm³/mol. The highest BCUT2D eigenvalue weighted by atomic mass is 35.5. The van der Waals surface area contributed by atoms with E-state index in [9.17, 15) is 31.1 Å². The first kappa shape index (κ1) is 22.5. The predicted octanol–water partition coefficient (Wildman–Crippen LogP) is 2.69. The number of carbonyl (C=O) groups is 1. The van der Waals surface area contributed by atoms with Crippen LogP contribution in [0.1, 0.15) is 15.9 Å². The number of rotatable bonds is 4. The second kappa shape index (κ2) is 8.92. The van der Waals surface area contributed by atoms with E-state index in [4.69, 9.17) is 0 Å². The maximum absolute atomic E-state index is 13.2. The topological polar surface area (TPSA) is 44.4 Å². The molecule has 1 aliphatic rings. The fourth-order valence-electron chi connectivity index (χ4n) is 2.66. The Kier molecular flexibility index (Phi) is 7.72. The van der Waals surface area contributed by atoms with Crippen LogP contribution in [-0.4, -0.2) is 55.7 Å². The van der Waals surface area contributed by atoms with Gasteiger partial charge in [-0.3, -0.25) is 9.69 Å². The first-order chi connectivity index (χ1) is 11.6. The summed E-state index contributed by atoms with van der Waals surface area (Å²) in [5, 5.41) is 4.91. The normalized spacial score (nSPS) is 17.3. The van der Waals surface area contributed by atoms with Crippen LogP contribution in [0.3, 0.4) is 0 Å². The number of amides is 1. The minimum atomic E-state index is -4.77. The summed E-state index contributed by atoms with van der Waals surface area (Å²) in [5.74, 6) is -1.18. The number of benzene rings is 1. The molecule has 2 rings (SSSR count). The van der Waals surface area contributed by atoms with Crippen molar-refractivity contribution in [1.29, 1.82) is 0 Å². The van der Waals surface area contributed by atoms with Gasteiger partial charge in [-0.1, -0.05) is 12.1 Å². The Balaban J connectivity index is 0.00000338. The van der Waals surface area contributed by atoms with Crippen LogP contribution in [0.4, 0.5) is 26.3 Å². The molecule has 1 aliphatic heterocycles. The van der Waals surface area contributed by atoms with E-state index in [2.05, 4.69) is 5.32 Å². The monoisotopic (exact) mass is 405 g/mol. The van der Waals surface area contributed by atoms with Crippen molar-refractivity contribution in [2.75, 3.05) is 32.7 Å². The van der Waals surface area contributed by atoms with Gasteiger partial charge in [0.15, 0.2) is 0 Å². The third-order valence-electron chi connectivity index (χ3n) is 3.90. The highest BCUT2D eigenvalue weighted by molar-refractivity contribution is 5.95. The van der Waals surface area contributed by atoms with E-state index in [1.54, 1.807) is 0 Å². The lowest BCUT2D eigenvalue weighted by atomic mass is 10.1. The summed E-state index contributed by atoms with van der Waals surface area (Å²) in [7, 11) is 0. The molecule has 0 saturated carbocycles. The second-order valence-electron chi connectivity index (χ2n) is 5.60. The molecule has 1 unspecified atom stereocenters. The molecule has 1 aromatic carbocycles. The molecule has 26 heavy (non-hydrogen) atoms. The van der Waals surface area contributed by atoms with Crippen LogP contribution < -0.4 is 10.6 Å². The third-order valence-corrected chi connectivity index (χ3v) is 3.90. The van der Waals surface area contributed by atoms with E-state index in [1.165, 1.54) is 6.07 Å². The number of nitrogens with zero attached hydrogens (tertiary/aromatic N) is 1. The third kappa shape index (κ3) is 5.75. The van der Waals surface area contributed by atoms with Crippen LogP contribution in [0.2, 0.25) is 0 Å². The minimum Gasteiger partial charge on any atom is -0.350 e.